The molecule has 0 unspecified atom stereocenters. The summed E-state index contributed by atoms with van der Waals surface area (Å²) in [4.78, 5) is 60.3. The van der Waals surface area contributed by atoms with Crippen molar-refractivity contribution in [1.29, 1.82) is 0 Å². The smallest absolute Gasteiger partial charge is 0.164 e. The van der Waals surface area contributed by atoms with Gasteiger partial charge in [0, 0.05) is 66.8 Å². The first kappa shape index (κ1) is 81.4. The van der Waals surface area contributed by atoms with Gasteiger partial charge in [-0.2, -0.15) is 0 Å². The van der Waals surface area contributed by atoms with Gasteiger partial charge in [0.05, 0.1) is 61.0 Å². The van der Waals surface area contributed by atoms with Gasteiger partial charge in [-0.1, -0.05) is 388 Å². The summed E-state index contributed by atoms with van der Waals surface area (Å²) in [6.45, 7) is 9.04. The minimum atomic E-state index is -0.631. The monoisotopic (exact) mass is 1750 g/mol. The third-order valence-electron chi connectivity index (χ3n) is 26.5. The van der Waals surface area contributed by atoms with Crippen LogP contribution in [-0.2, 0) is 16.2 Å². The fraction of sp³-hybridized carbons (Fsp3) is 0.0579. The fourth-order valence-corrected chi connectivity index (χ4v) is 20.0. The lowest BCUT2D eigenvalue weighted by atomic mass is 9.69. The van der Waals surface area contributed by atoms with Crippen molar-refractivity contribution in [3.8, 4) is 153 Å². The van der Waals surface area contributed by atoms with E-state index in [4.69, 9.17) is 59.8 Å². The van der Waals surface area contributed by atoms with Crippen LogP contribution < -0.4 is 0 Å². The highest BCUT2D eigenvalue weighted by molar-refractivity contribution is 5.96. The highest BCUT2D eigenvalue weighted by atomic mass is 15.2. The van der Waals surface area contributed by atoms with Crippen molar-refractivity contribution < 1.29 is 0 Å². The van der Waals surface area contributed by atoms with E-state index in [2.05, 4.69) is 302 Å². The van der Waals surface area contributed by atoms with Gasteiger partial charge in [-0.25, -0.2) is 59.8 Å². The molecule has 644 valence electrons. The van der Waals surface area contributed by atoms with Crippen LogP contribution >= 0.6 is 0 Å². The molecule has 0 amide bonds. The average Bonchev–Trinajstić information content (AvgIpc) is 1.51. The predicted octanol–water partition coefficient (Wildman–Crippen LogP) is 27.6. The molecular formula is C121H85N15. The molecular weight excluding hydrogens is 1660 g/mol. The van der Waals surface area contributed by atoms with Gasteiger partial charge in [0.1, 0.15) is 22.9 Å². The summed E-state index contributed by atoms with van der Waals surface area (Å²) in [5.74, 6) is 8.92. The molecule has 9 heterocycles. The van der Waals surface area contributed by atoms with Crippen molar-refractivity contribution >= 4 is 33.1 Å². The predicted molar refractivity (Wildman–Crippen MR) is 545 cm³/mol. The molecule has 15 nitrogen and oxygen atoms in total. The quantitative estimate of drug-likeness (QED) is 0.101. The molecule has 0 atom stereocenters. The van der Waals surface area contributed by atoms with Gasteiger partial charge in [0.25, 0.3) is 0 Å². The Morgan fingerprint density at radius 1 is 0.184 bits per heavy atom. The largest absolute Gasteiger partial charge is 0.295 e. The minimum Gasteiger partial charge on any atom is -0.295 e. The normalized spacial score (nSPS) is 13.0. The number of benzene rings is 17. The molecule has 0 N–H and O–H groups in total. The van der Waals surface area contributed by atoms with Crippen molar-refractivity contribution in [2.45, 2.75) is 43.9 Å². The Bertz CT molecular complexity index is 8300. The highest BCUT2D eigenvalue weighted by Gasteiger charge is 2.50. The zero-order valence-electron chi connectivity index (χ0n) is 74.9. The van der Waals surface area contributed by atoms with Crippen molar-refractivity contribution in [1.82, 2.24) is 73.5 Å². The Kier molecular flexibility index (Phi) is 20.1. The molecule has 0 fully saturated rings. The van der Waals surface area contributed by atoms with E-state index in [0.29, 0.717) is 52.4 Å². The fourth-order valence-electron chi connectivity index (χ4n) is 20.0. The molecule has 0 saturated carbocycles. The van der Waals surface area contributed by atoms with Crippen LogP contribution in [0.25, 0.3) is 186 Å². The molecule has 15 heteroatoms. The summed E-state index contributed by atoms with van der Waals surface area (Å²) in [5, 5.41) is 0. The van der Waals surface area contributed by atoms with Crippen LogP contribution in [0.5, 0.6) is 0 Å². The van der Waals surface area contributed by atoms with Gasteiger partial charge in [0.2, 0.25) is 0 Å². The van der Waals surface area contributed by atoms with E-state index < -0.39 is 5.41 Å². The number of fused-ring (bicyclic) bond motifs is 15. The number of hydrogen-bond acceptors (Lipinski definition) is 12. The Morgan fingerprint density at radius 2 is 0.449 bits per heavy atom. The van der Waals surface area contributed by atoms with Crippen molar-refractivity contribution in [2.75, 3.05) is 0 Å². The second-order valence-electron chi connectivity index (χ2n) is 35.5. The van der Waals surface area contributed by atoms with Crippen LogP contribution in [0.2, 0.25) is 0 Å². The molecule has 0 bridgehead atoms. The molecule has 0 spiro atoms. The Balaban J connectivity index is 0.000000112. The third-order valence-corrected chi connectivity index (χ3v) is 26.5. The van der Waals surface area contributed by atoms with E-state index in [1.54, 1.807) is 0 Å². The molecule has 136 heavy (non-hydrogen) atoms. The lowest BCUT2D eigenvalue weighted by Crippen LogP contribution is -2.29. The zero-order chi connectivity index (χ0) is 91.0. The van der Waals surface area contributed by atoms with Gasteiger partial charge < -0.3 is 0 Å². The molecule has 26 rings (SSSR count). The first-order valence-electron chi connectivity index (χ1n) is 45.8. The summed E-state index contributed by atoms with van der Waals surface area (Å²) >= 11 is 0. The van der Waals surface area contributed by atoms with Crippen LogP contribution in [0.1, 0.15) is 73.0 Å². The van der Waals surface area contributed by atoms with Crippen molar-refractivity contribution in [2.24, 2.45) is 0 Å². The van der Waals surface area contributed by atoms with Gasteiger partial charge in [0.15, 0.2) is 52.4 Å². The van der Waals surface area contributed by atoms with E-state index in [0.717, 1.165) is 140 Å². The van der Waals surface area contributed by atoms with E-state index >= 15 is 0 Å². The Morgan fingerprint density at radius 3 is 0.860 bits per heavy atom. The summed E-state index contributed by atoms with van der Waals surface area (Å²) < 4.78 is 7.05. The number of imidazole rings is 3. The maximum Gasteiger partial charge on any atom is 0.164 e. The standard InChI is InChI=1S/C47H31N5.2C37H27N5/c1-5-17-32(18-6-1)43-49-44(33-19-7-2-8-20-33)51-45(50-43)35-22-15-21-34(31-35)38-27-16-28-39-42(38)52-41-30-14-13-29-40(41)48-46(52)47(39,36-23-9-3-10-24-36)37-25-11-4-12-26-37;1-37(2)29-20-12-19-28(32(29)42-31-22-10-9-21-30(31)38-36(37)42)26-17-11-18-27(23-26)35-40-33(24-13-5-3-6-14-24)39-34(41-35)25-15-7-4-8-16-25;1-37(2)29-20-9-10-21-30(29)42-31-22-12-19-28(32(31)38-36(37)42)26-17-11-18-27(23-26)35-40-33(24-13-5-3-6-14-24)39-34(41-35)25-15-7-4-8-16-25/h1-31H;2*3-23H,1-2H3. The van der Waals surface area contributed by atoms with Crippen LogP contribution in [0.3, 0.4) is 0 Å². The summed E-state index contributed by atoms with van der Waals surface area (Å²) in [6, 6.07) is 153. The molecule has 23 aromatic rings. The molecule has 3 aliphatic rings. The minimum absolute atomic E-state index is 0.179. The first-order chi connectivity index (χ1) is 66.9. The van der Waals surface area contributed by atoms with Crippen molar-refractivity contribution in [3.63, 3.8) is 0 Å². The lowest BCUT2D eigenvalue weighted by molar-refractivity contribution is 0.621. The van der Waals surface area contributed by atoms with Gasteiger partial charge in [-0.05, 0) is 127 Å². The second-order valence-corrected chi connectivity index (χ2v) is 35.5. The summed E-state index contributed by atoms with van der Waals surface area (Å²) in [6.07, 6.45) is 0. The topological polar surface area (TPSA) is 169 Å². The summed E-state index contributed by atoms with van der Waals surface area (Å²) in [5.41, 5.74) is 30.0. The van der Waals surface area contributed by atoms with E-state index in [9.17, 15) is 0 Å². The molecule has 17 aromatic carbocycles. The Labute approximate surface area is 786 Å². The maximum absolute atomic E-state index is 5.43. The number of rotatable bonds is 14. The molecule has 0 radical (unpaired) electrons. The first-order valence-corrected chi connectivity index (χ1v) is 45.8. The third kappa shape index (κ3) is 14.1. The zero-order valence-corrected chi connectivity index (χ0v) is 74.9. The second kappa shape index (κ2) is 33.5. The molecule has 3 aliphatic heterocycles. The SMILES string of the molecule is CC1(C)c2cccc(-c3cccc(-c4nc(-c5ccccc5)nc(-c5ccccc5)n4)c3)c2-n2c1nc1ccccc12.CC1(C)c2ccccc2-n2c1nc1c(-c3cccc(-c4nc(-c5ccccc5)nc(-c5ccccc5)n4)c3)cccc12.c1ccc(-c2nc(-c3ccccc3)nc(-c3cccc(-c4cccc5c4-n4c(nc6ccccc64)C5(c4ccccc4)c4ccccc4)c3)n2)cc1. The van der Waals surface area contributed by atoms with E-state index in [1.807, 2.05) is 182 Å². The van der Waals surface area contributed by atoms with Gasteiger partial charge in [-0.15, -0.1) is 0 Å². The molecule has 6 aromatic heterocycles. The molecule has 0 saturated heterocycles. The van der Waals surface area contributed by atoms with Crippen LogP contribution in [0.4, 0.5) is 0 Å². The van der Waals surface area contributed by atoms with Crippen LogP contribution in [-0.4, -0.2) is 73.5 Å². The Hall–Kier alpha value is -17.8. The average molecular weight is 1750 g/mol. The van der Waals surface area contributed by atoms with Gasteiger partial charge >= 0.3 is 0 Å². The lowest BCUT2D eigenvalue weighted by Gasteiger charge is -2.31. The number of hydrogen-bond donors (Lipinski definition) is 0. The van der Waals surface area contributed by atoms with Crippen LogP contribution in [0.15, 0.2) is 443 Å². The van der Waals surface area contributed by atoms with Crippen LogP contribution in [0, 0.1) is 0 Å². The number of aromatic nitrogens is 15. The van der Waals surface area contributed by atoms with E-state index in [-0.39, 0.29) is 10.8 Å². The summed E-state index contributed by atoms with van der Waals surface area (Å²) in [7, 11) is 0. The maximum atomic E-state index is 5.43. The van der Waals surface area contributed by atoms with Crippen molar-refractivity contribution in [3.05, 3.63) is 488 Å². The number of para-hydroxylation sites is 8. The van der Waals surface area contributed by atoms with Gasteiger partial charge in [-0.3, -0.25) is 13.7 Å². The molecule has 0 aliphatic carbocycles. The number of nitrogens with zero attached hydrogens (tertiary/aromatic N) is 15. The highest BCUT2D eigenvalue weighted by Crippen LogP contribution is 2.56. The van der Waals surface area contributed by atoms with E-state index in [1.165, 1.54) is 39.2 Å².